The van der Waals surface area contributed by atoms with E-state index in [2.05, 4.69) is 36.2 Å². The van der Waals surface area contributed by atoms with Crippen LogP contribution in [0, 0.1) is 0 Å². The molecule has 158 valence electrons. The average molecular weight is 409 g/mol. The Labute approximate surface area is 176 Å². The number of aromatic nitrogens is 2. The highest BCUT2D eigenvalue weighted by molar-refractivity contribution is 5.80. The van der Waals surface area contributed by atoms with Gasteiger partial charge in [0.2, 0.25) is 11.7 Å². The fourth-order valence-electron chi connectivity index (χ4n) is 2.80. The molecule has 0 aliphatic heterocycles. The lowest BCUT2D eigenvalue weighted by Crippen LogP contribution is -2.36. The highest BCUT2D eigenvalue weighted by atomic mass is 16.5. The first-order chi connectivity index (χ1) is 14.3. The van der Waals surface area contributed by atoms with Crippen LogP contribution >= 0.6 is 0 Å². The van der Waals surface area contributed by atoms with E-state index >= 15 is 0 Å². The third-order valence-electron chi connectivity index (χ3n) is 4.61. The van der Waals surface area contributed by atoms with Crippen molar-refractivity contribution in [1.29, 1.82) is 0 Å². The van der Waals surface area contributed by atoms with Crippen LogP contribution in [0.4, 0.5) is 0 Å². The molecule has 0 fully saturated rings. The molecule has 7 nitrogen and oxygen atoms in total. The van der Waals surface area contributed by atoms with Crippen LogP contribution in [-0.4, -0.2) is 29.3 Å². The molecule has 30 heavy (non-hydrogen) atoms. The molecule has 2 aromatic carbocycles. The molecule has 0 saturated carbocycles. The van der Waals surface area contributed by atoms with Gasteiger partial charge in [-0.1, -0.05) is 50.2 Å². The van der Waals surface area contributed by atoms with Crippen molar-refractivity contribution in [3.05, 3.63) is 60.0 Å². The zero-order valence-corrected chi connectivity index (χ0v) is 17.9. The van der Waals surface area contributed by atoms with Crippen LogP contribution in [0.25, 0.3) is 11.4 Å². The summed E-state index contributed by atoms with van der Waals surface area (Å²) in [5.74, 6) is 1.82. The maximum absolute atomic E-state index is 12.4. The first-order valence-corrected chi connectivity index (χ1v) is 9.78. The number of nitrogens with zero attached hydrogens (tertiary/aromatic N) is 2. The van der Waals surface area contributed by atoms with Crippen LogP contribution in [0.15, 0.2) is 53.1 Å². The third kappa shape index (κ3) is 5.37. The molecule has 1 unspecified atom stereocenters. The van der Waals surface area contributed by atoms with Gasteiger partial charge in [-0.05, 0) is 42.2 Å². The molecule has 7 heteroatoms. The van der Waals surface area contributed by atoms with E-state index in [0.29, 0.717) is 23.2 Å². The molecule has 0 saturated heterocycles. The van der Waals surface area contributed by atoms with Crippen LogP contribution in [0.3, 0.4) is 0 Å². The van der Waals surface area contributed by atoms with Crippen LogP contribution in [0.5, 0.6) is 11.5 Å². The molecule has 3 aromatic rings. The number of benzene rings is 2. The van der Waals surface area contributed by atoms with E-state index in [4.69, 9.17) is 14.0 Å². The summed E-state index contributed by atoms with van der Waals surface area (Å²) in [6.07, 6.45) is -0.661. The van der Waals surface area contributed by atoms with Crippen molar-refractivity contribution in [2.24, 2.45) is 0 Å². The molecule has 0 aliphatic carbocycles. The molecule has 0 radical (unpaired) electrons. The van der Waals surface area contributed by atoms with Crippen molar-refractivity contribution in [1.82, 2.24) is 15.5 Å². The topological polar surface area (TPSA) is 86.5 Å². The highest BCUT2D eigenvalue weighted by Crippen LogP contribution is 2.25. The van der Waals surface area contributed by atoms with Crippen molar-refractivity contribution < 1.29 is 18.8 Å². The van der Waals surface area contributed by atoms with Gasteiger partial charge in [0.05, 0.1) is 13.7 Å². The summed E-state index contributed by atoms with van der Waals surface area (Å²) in [6, 6.07) is 15.1. The minimum atomic E-state index is -0.661. The lowest BCUT2D eigenvalue weighted by atomic mass is 9.87. The number of methoxy groups -OCH3 is 1. The van der Waals surface area contributed by atoms with Gasteiger partial charge in [0.1, 0.15) is 11.5 Å². The Kier molecular flexibility index (Phi) is 6.40. The van der Waals surface area contributed by atoms with E-state index in [0.717, 1.165) is 5.56 Å². The van der Waals surface area contributed by atoms with Crippen molar-refractivity contribution in [2.45, 2.75) is 45.8 Å². The molecule has 1 amide bonds. The van der Waals surface area contributed by atoms with Crippen LogP contribution < -0.4 is 14.8 Å². The maximum atomic E-state index is 12.4. The number of carbonyl (C=O) groups excluding carboxylic acids is 1. The monoisotopic (exact) mass is 409 g/mol. The molecule has 1 heterocycles. The van der Waals surface area contributed by atoms with E-state index in [1.165, 1.54) is 5.56 Å². The average Bonchev–Trinajstić information content (AvgIpc) is 3.21. The number of amides is 1. The van der Waals surface area contributed by atoms with Gasteiger partial charge in [-0.2, -0.15) is 4.98 Å². The summed E-state index contributed by atoms with van der Waals surface area (Å²) in [6.45, 7) is 8.26. The largest absolute Gasteiger partial charge is 0.497 e. The van der Waals surface area contributed by atoms with Crippen molar-refractivity contribution in [2.75, 3.05) is 7.11 Å². The Morgan fingerprint density at radius 2 is 1.87 bits per heavy atom. The van der Waals surface area contributed by atoms with Gasteiger partial charge in [0, 0.05) is 5.56 Å². The number of hydrogen-bond donors (Lipinski definition) is 1. The predicted molar refractivity (Wildman–Crippen MR) is 113 cm³/mol. The molecule has 3 rings (SSSR count). The molecule has 0 spiro atoms. The van der Waals surface area contributed by atoms with Gasteiger partial charge >= 0.3 is 0 Å². The highest BCUT2D eigenvalue weighted by Gasteiger charge is 2.18. The summed E-state index contributed by atoms with van der Waals surface area (Å²) < 4.78 is 16.2. The van der Waals surface area contributed by atoms with Crippen LogP contribution in [-0.2, 0) is 16.8 Å². The molecule has 1 atom stereocenters. The number of ether oxygens (including phenoxy) is 2. The fourth-order valence-corrected chi connectivity index (χ4v) is 2.80. The van der Waals surface area contributed by atoms with Crippen molar-refractivity contribution >= 4 is 5.91 Å². The zero-order valence-electron chi connectivity index (χ0n) is 17.9. The minimum absolute atomic E-state index is 0.0648. The summed E-state index contributed by atoms with van der Waals surface area (Å²) in [4.78, 5) is 16.7. The third-order valence-corrected chi connectivity index (χ3v) is 4.61. The second-order valence-corrected chi connectivity index (χ2v) is 8.00. The fraction of sp³-hybridized carbons (Fsp3) is 0.348. The maximum Gasteiger partial charge on any atom is 0.261 e. The Hall–Kier alpha value is -3.35. The second-order valence-electron chi connectivity index (χ2n) is 8.00. The Morgan fingerprint density at radius 1 is 1.13 bits per heavy atom. The molecular formula is C23H27N3O4. The summed E-state index contributed by atoms with van der Waals surface area (Å²) in [7, 11) is 1.60. The summed E-state index contributed by atoms with van der Waals surface area (Å²) in [5.41, 5.74) is 2.04. The quantitative estimate of drug-likeness (QED) is 0.631. The van der Waals surface area contributed by atoms with Gasteiger partial charge in [-0.15, -0.1) is 0 Å². The van der Waals surface area contributed by atoms with Gasteiger partial charge in [-0.3, -0.25) is 4.79 Å². The normalized spacial score (nSPS) is 12.3. The number of nitrogens with one attached hydrogen (secondary N) is 1. The predicted octanol–water partition coefficient (Wildman–Crippen LogP) is 4.13. The van der Waals surface area contributed by atoms with E-state index in [-0.39, 0.29) is 17.9 Å². The van der Waals surface area contributed by atoms with E-state index in [9.17, 15) is 4.79 Å². The number of carbonyl (C=O) groups is 1. The van der Waals surface area contributed by atoms with E-state index in [1.54, 1.807) is 14.0 Å². The van der Waals surface area contributed by atoms with Gasteiger partial charge in [0.25, 0.3) is 5.91 Å². The van der Waals surface area contributed by atoms with Crippen molar-refractivity contribution in [3.63, 3.8) is 0 Å². The first kappa shape index (κ1) is 21.4. The van der Waals surface area contributed by atoms with E-state index < -0.39 is 6.10 Å². The standard InChI is InChI=1S/C23H27N3O4/c1-15(29-18-11-9-17(10-12-18)23(2,3)4)22(27)24-14-20-25-21(26-30-20)16-7-6-8-19(13-16)28-5/h6-13,15H,14H2,1-5H3,(H,24,27). The zero-order chi connectivity index (χ0) is 21.7. The summed E-state index contributed by atoms with van der Waals surface area (Å²) >= 11 is 0. The SMILES string of the molecule is COc1cccc(-c2noc(CNC(=O)C(C)Oc3ccc(C(C)(C)C)cc3)n2)c1. The lowest BCUT2D eigenvalue weighted by molar-refractivity contribution is -0.127. The molecule has 0 aliphatic rings. The number of rotatable bonds is 7. The lowest BCUT2D eigenvalue weighted by Gasteiger charge is -2.20. The Morgan fingerprint density at radius 3 is 2.53 bits per heavy atom. The smallest absolute Gasteiger partial charge is 0.261 e. The van der Waals surface area contributed by atoms with E-state index in [1.807, 2.05) is 48.5 Å². The van der Waals surface area contributed by atoms with Gasteiger partial charge in [0.15, 0.2) is 6.10 Å². The minimum Gasteiger partial charge on any atom is -0.497 e. The van der Waals surface area contributed by atoms with Crippen LogP contribution in [0.1, 0.15) is 39.1 Å². The van der Waals surface area contributed by atoms with Gasteiger partial charge in [-0.25, -0.2) is 0 Å². The molecule has 1 N–H and O–H groups in total. The number of hydrogen-bond acceptors (Lipinski definition) is 6. The molecular weight excluding hydrogens is 382 g/mol. The van der Waals surface area contributed by atoms with Gasteiger partial charge < -0.3 is 19.3 Å². The Balaban J connectivity index is 1.54. The van der Waals surface area contributed by atoms with Crippen molar-refractivity contribution in [3.8, 4) is 22.9 Å². The molecule has 0 bridgehead atoms. The summed E-state index contributed by atoms with van der Waals surface area (Å²) in [5, 5.41) is 6.71. The first-order valence-electron chi connectivity index (χ1n) is 9.78. The Bertz CT molecular complexity index is 990. The van der Waals surface area contributed by atoms with Crippen LogP contribution in [0.2, 0.25) is 0 Å². The molecule has 1 aromatic heterocycles. The second kappa shape index (κ2) is 8.98.